The molecule has 0 bridgehead atoms. The van der Waals surface area contributed by atoms with Gasteiger partial charge in [0.05, 0.1) is 5.56 Å². The van der Waals surface area contributed by atoms with Crippen molar-refractivity contribution < 1.29 is 13.2 Å². The Hall–Kier alpha value is -0.370. The number of pyridine rings is 1. The average Bonchev–Trinajstić information content (AvgIpc) is 2.03. The first-order valence-electron chi connectivity index (χ1n) is 3.39. The topological polar surface area (TPSA) is 38.9 Å². The van der Waals surface area contributed by atoms with E-state index in [2.05, 4.69) is 4.98 Å². The van der Waals surface area contributed by atoms with Crippen LogP contribution in [0.25, 0.3) is 0 Å². The number of nitrogens with zero attached hydrogens (tertiary/aromatic N) is 1. The summed E-state index contributed by atoms with van der Waals surface area (Å²) in [7, 11) is 0. The van der Waals surface area contributed by atoms with Crippen molar-refractivity contribution in [2.45, 2.75) is 13.0 Å². The van der Waals surface area contributed by atoms with Gasteiger partial charge in [0.2, 0.25) is 5.95 Å². The van der Waals surface area contributed by atoms with Crippen LogP contribution in [0.1, 0.15) is 17.6 Å². The summed E-state index contributed by atoms with van der Waals surface area (Å²) in [5.41, 5.74) is 4.99. The van der Waals surface area contributed by atoms with E-state index in [-0.39, 0.29) is 6.54 Å². The number of alkyl halides is 2. The summed E-state index contributed by atoms with van der Waals surface area (Å²) in [6.07, 6.45) is -2.85. The molecular weight excluding hydrogens is 296 g/mol. The Morgan fingerprint density at radius 3 is 2.62 bits per heavy atom. The van der Waals surface area contributed by atoms with Crippen LogP contribution in [0.3, 0.4) is 0 Å². The molecule has 13 heavy (non-hydrogen) atoms. The van der Waals surface area contributed by atoms with Crippen LogP contribution in [0.2, 0.25) is 0 Å². The van der Waals surface area contributed by atoms with Crippen LogP contribution in [0.15, 0.2) is 6.07 Å². The number of nitrogens with two attached hydrogens (primary N) is 1. The fraction of sp³-hybridized carbons (Fsp3) is 0.286. The minimum atomic E-state index is -2.85. The number of hydrogen-bond donors (Lipinski definition) is 1. The van der Waals surface area contributed by atoms with Crippen molar-refractivity contribution in [1.29, 1.82) is 0 Å². The molecule has 0 saturated heterocycles. The maximum Gasteiger partial charge on any atom is 0.268 e. The third kappa shape index (κ3) is 2.31. The van der Waals surface area contributed by atoms with Crippen LogP contribution in [0, 0.1) is 9.65 Å². The van der Waals surface area contributed by atoms with Crippen molar-refractivity contribution in [2.75, 3.05) is 0 Å². The lowest BCUT2D eigenvalue weighted by molar-refractivity contribution is 0.145. The monoisotopic (exact) mass is 302 g/mol. The molecule has 72 valence electrons. The van der Waals surface area contributed by atoms with Gasteiger partial charge < -0.3 is 5.73 Å². The number of aromatic nitrogens is 1. The lowest BCUT2D eigenvalue weighted by atomic mass is 10.2. The zero-order valence-corrected chi connectivity index (χ0v) is 8.56. The van der Waals surface area contributed by atoms with Crippen molar-refractivity contribution >= 4 is 22.6 Å². The van der Waals surface area contributed by atoms with Gasteiger partial charge in [-0.15, -0.1) is 0 Å². The van der Waals surface area contributed by atoms with E-state index in [1.807, 2.05) is 0 Å². The molecule has 0 amide bonds. The van der Waals surface area contributed by atoms with Crippen molar-refractivity contribution in [1.82, 2.24) is 4.98 Å². The molecular formula is C7H6F3IN2. The SMILES string of the molecule is NCc1cc(C(F)F)c(F)nc1I. The second kappa shape index (κ2) is 4.23. The molecule has 0 unspecified atom stereocenters. The predicted molar refractivity (Wildman–Crippen MR) is 49.8 cm³/mol. The van der Waals surface area contributed by atoms with Gasteiger partial charge >= 0.3 is 0 Å². The Morgan fingerprint density at radius 2 is 2.15 bits per heavy atom. The van der Waals surface area contributed by atoms with E-state index in [1.54, 1.807) is 22.6 Å². The Morgan fingerprint density at radius 1 is 1.54 bits per heavy atom. The maximum absolute atomic E-state index is 12.8. The number of halogens is 4. The molecule has 0 aromatic carbocycles. The van der Waals surface area contributed by atoms with Gasteiger partial charge in [-0.1, -0.05) is 0 Å². The quantitative estimate of drug-likeness (QED) is 0.672. The molecule has 1 heterocycles. The second-order valence-electron chi connectivity index (χ2n) is 2.32. The molecule has 0 radical (unpaired) electrons. The molecule has 2 nitrogen and oxygen atoms in total. The van der Waals surface area contributed by atoms with Gasteiger partial charge in [-0.3, -0.25) is 0 Å². The molecule has 1 rings (SSSR count). The van der Waals surface area contributed by atoms with E-state index in [1.165, 1.54) is 0 Å². The Balaban J connectivity index is 3.22. The standard InChI is InChI=1S/C7H6F3IN2/c8-5(9)4-1-3(2-12)7(11)13-6(4)10/h1,5H,2,12H2. The zero-order valence-electron chi connectivity index (χ0n) is 6.40. The fourth-order valence-corrected chi connectivity index (χ4v) is 1.41. The lowest BCUT2D eigenvalue weighted by Crippen LogP contribution is -2.05. The van der Waals surface area contributed by atoms with Crippen molar-refractivity contribution in [2.24, 2.45) is 5.73 Å². The van der Waals surface area contributed by atoms with Gasteiger partial charge in [0.25, 0.3) is 6.43 Å². The van der Waals surface area contributed by atoms with Gasteiger partial charge in [-0.2, -0.15) is 4.39 Å². The number of hydrogen-bond acceptors (Lipinski definition) is 2. The lowest BCUT2D eigenvalue weighted by Gasteiger charge is -2.05. The van der Waals surface area contributed by atoms with E-state index in [9.17, 15) is 13.2 Å². The first-order valence-corrected chi connectivity index (χ1v) is 4.47. The molecule has 0 spiro atoms. The van der Waals surface area contributed by atoms with Crippen LogP contribution < -0.4 is 5.73 Å². The van der Waals surface area contributed by atoms with E-state index in [0.29, 0.717) is 9.26 Å². The molecule has 0 fully saturated rings. The van der Waals surface area contributed by atoms with E-state index >= 15 is 0 Å². The van der Waals surface area contributed by atoms with E-state index in [4.69, 9.17) is 5.73 Å². The first-order chi connectivity index (χ1) is 6.06. The molecule has 0 aliphatic heterocycles. The molecule has 0 aliphatic carbocycles. The Kier molecular flexibility index (Phi) is 3.48. The smallest absolute Gasteiger partial charge is 0.268 e. The van der Waals surface area contributed by atoms with Gasteiger partial charge in [-0.25, -0.2) is 13.8 Å². The summed E-state index contributed by atoms with van der Waals surface area (Å²) in [5, 5.41) is 0. The zero-order chi connectivity index (χ0) is 10.0. The van der Waals surface area contributed by atoms with Gasteiger partial charge in [0, 0.05) is 6.54 Å². The van der Waals surface area contributed by atoms with E-state index < -0.39 is 17.9 Å². The molecule has 0 saturated carbocycles. The van der Waals surface area contributed by atoms with Crippen molar-refractivity contribution in [3.8, 4) is 0 Å². The molecule has 6 heteroatoms. The summed E-state index contributed by atoms with van der Waals surface area (Å²) in [6.45, 7) is 0.0747. The summed E-state index contributed by atoms with van der Waals surface area (Å²) < 4.78 is 37.4. The third-order valence-electron chi connectivity index (χ3n) is 1.48. The highest BCUT2D eigenvalue weighted by Crippen LogP contribution is 2.23. The first kappa shape index (κ1) is 10.7. The van der Waals surface area contributed by atoms with Gasteiger partial charge in [0.1, 0.15) is 3.70 Å². The van der Waals surface area contributed by atoms with Crippen LogP contribution in [0.5, 0.6) is 0 Å². The number of rotatable bonds is 2. The molecule has 1 aromatic heterocycles. The summed E-state index contributed by atoms with van der Waals surface area (Å²) in [5.74, 6) is -1.13. The molecule has 0 aliphatic rings. The van der Waals surface area contributed by atoms with Crippen molar-refractivity contribution in [3.63, 3.8) is 0 Å². The third-order valence-corrected chi connectivity index (χ3v) is 2.42. The highest BCUT2D eigenvalue weighted by atomic mass is 127. The second-order valence-corrected chi connectivity index (χ2v) is 3.34. The van der Waals surface area contributed by atoms with Gasteiger partial charge in [0.15, 0.2) is 0 Å². The highest BCUT2D eigenvalue weighted by molar-refractivity contribution is 14.1. The van der Waals surface area contributed by atoms with Crippen LogP contribution in [-0.4, -0.2) is 4.98 Å². The average molecular weight is 302 g/mol. The Labute approximate surface area is 86.5 Å². The predicted octanol–water partition coefficient (Wildman–Crippen LogP) is 2.22. The summed E-state index contributed by atoms with van der Waals surface area (Å²) >= 11 is 1.75. The molecule has 1 aromatic rings. The minimum absolute atomic E-state index is 0.0747. The van der Waals surface area contributed by atoms with Gasteiger partial charge in [-0.05, 0) is 34.2 Å². The molecule has 2 N–H and O–H groups in total. The van der Waals surface area contributed by atoms with Crippen LogP contribution in [0.4, 0.5) is 13.2 Å². The highest BCUT2D eigenvalue weighted by Gasteiger charge is 2.16. The fourth-order valence-electron chi connectivity index (χ4n) is 0.826. The maximum atomic E-state index is 12.8. The van der Waals surface area contributed by atoms with E-state index in [0.717, 1.165) is 6.07 Å². The summed E-state index contributed by atoms with van der Waals surface area (Å²) in [6, 6.07) is 1.05. The summed E-state index contributed by atoms with van der Waals surface area (Å²) in [4.78, 5) is 3.33. The van der Waals surface area contributed by atoms with Crippen molar-refractivity contribution in [3.05, 3.63) is 26.8 Å². The normalized spacial score (nSPS) is 10.9. The largest absolute Gasteiger partial charge is 0.326 e. The van der Waals surface area contributed by atoms with Crippen LogP contribution >= 0.6 is 22.6 Å². The van der Waals surface area contributed by atoms with Crippen LogP contribution in [-0.2, 0) is 6.54 Å². The minimum Gasteiger partial charge on any atom is -0.326 e. The Bertz CT molecular complexity index is 317. The molecule has 0 atom stereocenters.